The van der Waals surface area contributed by atoms with Gasteiger partial charge in [-0.1, -0.05) is 0 Å². The molecule has 0 aliphatic carbocycles. The van der Waals surface area contributed by atoms with Crippen molar-refractivity contribution in [3.8, 4) is 0 Å². The maximum absolute atomic E-state index is 5.70. The van der Waals surface area contributed by atoms with Crippen molar-refractivity contribution in [1.29, 1.82) is 0 Å². The number of likely N-dealkylation sites (tertiary alicyclic amines) is 1. The average Bonchev–Trinajstić information content (AvgIpc) is 1.96. The number of morpholine rings is 1. The van der Waals surface area contributed by atoms with Gasteiger partial charge in [-0.3, -0.25) is 4.90 Å². The van der Waals surface area contributed by atoms with Gasteiger partial charge >= 0.3 is 0 Å². The third-order valence-electron chi connectivity index (χ3n) is 3.01. The summed E-state index contributed by atoms with van der Waals surface area (Å²) < 4.78 is 5.70. The van der Waals surface area contributed by atoms with Crippen molar-refractivity contribution < 1.29 is 9.64 Å². The van der Waals surface area contributed by atoms with Crippen molar-refractivity contribution in [1.82, 2.24) is 4.90 Å². The van der Waals surface area contributed by atoms with E-state index in [1.54, 1.807) is 0 Å². The van der Waals surface area contributed by atoms with Gasteiger partial charge in [0.2, 0.25) is 0 Å². The zero-order chi connectivity index (χ0) is 9.42. The van der Waals surface area contributed by atoms with E-state index in [0.29, 0.717) is 12.2 Å². The van der Waals surface area contributed by atoms with E-state index < -0.39 is 0 Å². The summed E-state index contributed by atoms with van der Waals surface area (Å²) in [6.07, 6.45) is 0.801. The third-order valence-corrected chi connectivity index (χ3v) is 3.01. The van der Waals surface area contributed by atoms with Crippen molar-refractivity contribution in [3.63, 3.8) is 0 Å². The molecule has 3 nitrogen and oxygen atoms in total. The molecule has 0 aromatic carbocycles. The van der Waals surface area contributed by atoms with Crippen LogP contribution in [-0.4, -0.2) is 49.3 Å². The predicted octanol–water partition coefficient (Wildman–Crippen LogP) is -0.846. The Kier molecular flexibility index (Phi) is 2.58. The van der Waals surface area contributed by atoms with Gasteiger partial charge in [0, 0.05) is 13.1 Å². The molecule has 0 saturated carbocycles. The second-order valence-corrected chi connectivity index (χ2v) is 4.52. The minimum atomic E-state index is 0.401. The van der Waals surface area contributed by atoms with Gasteiger partial charge < -0.3 is 9.64 Å². The number of rotatable bonds is 1. The van der Waals surface area contributed by atoms with Crippen molar-refractivity contribution in [2.75, 3.05) is 26.2 Å². The molecule has 2 fully saturated rings. The number of nitrogens with one attached hydrogen (secondary N) is 1. The van der Waals surface area contributed by atoms with Gasteiger partial charge in [0.15, 0.2) is 0 Å². The monoisotopic (exact) mass is 184 g/mol. The number of quaternary nitrogens is 1. The third kappa shape index (κ3) is 2.03. The van der Waals surface area contributed by atoms with Crippen LogP contribution in [0.1, 0.15) is 13.8 Å². The summed E-state index contributed by atoms with van der Waals surface area (Å²) in [5.41, 5.74) is 0. The largest absolute Gasteiger partial charge is 0.465 e. The average molecular weight is 184 g/mol. The van der Waals surface area contributed by atoms with Crippen LogP contribution in [-0.2, 0) is 4.74 Å². The van der Waals surface area contributed by atoms with E-state index in [1.807, 2.05) is 0 Å². The number of hydrogen-bond acceptors (Lipinski definition) is 2. The number of ether oxygens (including phenoxy) is 1. The first-order valence-corrected chi connectivity index (χ1v) is 5.21. The van der Waals surface area contributed by atoms with E-state index in [1.165, 1.54) is 18.0 Å². The van der Waals surface area contributed by atoms with Gasteiger partial charge in [0.1, 0.15) is 6.04 Å². The number of hydrogen-bond donors (Lipinski definition) is 1. The van der Waals surface area contributed by atoms with Gasteiger partial charge in [0.25, 0.3) is 0 Å². The fourth-order valence-corrected chi connectivity index (χ4v) is 2.38. The molecule has 1 N–H and O–H groups in total. The summed E-state index contributed by atoms with van der Waals surface area (Å²) in [5, 5.41) is 0. The van der Waals surface area contributed by atoms with Gasteiger partial charge in [0.05, 0.1) is 25.3 Å². The molecule has 76 valence electrons. The number of nitrogens with zero attached hydrogens (tertiary/aromatic N) is 1. The molecule has 3 heteroatoms. The summed E-state index contributed by atoms with van der Waals surface area (Å²) in [4.78, 5) is 3.98. The lowest BCUT2D eigenvalue weighted by atomic mass is 10.1. The smallest absolute Gasteiger partial charge is 0.104 e. The predicted molar refractivity (Wildman–Crippen MR) is 51.4 cm³/mol. The Morgan fingerprint density at radius 1 is 1.23 bits per heavy atom. The Balaban J connectivity index is 1.85. The van der Waals surface area contributed by atoms with E-state index in [4.69, 9.17) is 4.74 Å². The fraction of sp³-hybridized carbons (Fsp3) is 0.900. The van der Waals surface area contributed by atoms with Crippen LogP contribution in [0.5, 0.6) is 0 Å². The quantitative estimate of drug-likeness (QED) is 0.535. The molecule has 2 atom stereocenters. The standard InChI is InChI=1S/C10H20N2O/c1-8-4-12(5-9(2)13-8)10-6-11(3)7-10/h8-11H,3-7H2,1-2H3. The molecule has 2 aliphatic heterocycles. The summed E-state index contributed by atoms with van der Waals surface area (Å²) in [6, 6.07) is 0.765. The fourth-order valence-electron chi connectivity index (χ4n) is 2.38. The Labute approximate surface area is 80.6 Å². The van der Waals surface area contributed by atoms with E-state index in [0.717, 1.165) is 19.1 Å². The molecule has 0 radical (unpaired) electrons. The van der Waals surface area contributed by atoms with Gasteiger partial charge in [-0.15, -0.1) is 0 Å². The van der Waals surface area contributed by atoms with Crippen molar-refractivity contribution in [2.24, 2.45) is 0 Å². The molecule has 0 amide bonds. The second-order valence-electron chi connectivity index (χ2n) is 4.52. The molecule has 13 heavy (non-hydrogen) atoms. The lowest BCUT2D eigenvalue weighted by Crippen LogP contribution is -3.18. The molecule has 2 heterocycles. The normalized spacial score (nSPS) is 47.3. The van der Waals surface area contributed by atoms with Gasteiger partial charge in [-0.2, -0.15) is 7.05 Å². The second kappa shape index (κ2) is 3.56. The molecule has 2 aliphatic rings. The first kappa shape index (κ1) is 9.44. The van der Waals surface area contributed by atoms with Crippen LogP contribution in [0.15, 0.2) is 0 Å². The Bertz CT molecular complexity index is 170. The van der Waals surface area contributed by atoms with Crippen molar-refractivity contribution in [3.05, 3.63) is 7.05 Å². The van der Waals surface area contributed by atoms with E-state index in [9.17, 15) is 0 Å². The highest BCUT2D eigenvalue weighted by Gasteiger charge is 2.34. The van der Waals surface area contributed by atoms with Crippen LogP contribution in [0.25, 0.3) is 0 Å². The highest BCUT2D eigenvalue weighted by atomic mass is 16.5. The SMILES string of the molecule is [CH2-][NH+]1CC(N2CC(C)OC(C)C2)C1. The topological polar surface area (TPSA) is 16.9 Å². The molecule has 0 spiro atoms. The van der Waals surface area contributed by atoms with Crippen LogP contribution in [0, 0.1) is 7.05 Å². The summed E-state index contributed by atoms with van der Waals surface area (Å²) in [5.74, 6) is 0. The van der Waals surface area contributed by atoms with Gasteiger partial charge in [-0.25, -0.2) is 0 Å². The highest BCUT2D eigenvalue weighted by Crippen LogP contribution is 2.13. The molecule has 0 aromatic rings. The van der Waals surface area contributed by atoms with E-state index >= 15 is 0 Å². The van der Waals surface area contributed by atoms with Crippen LogP contribution >= 0.6 is 0 Å². The Morgan fingerprint density at radius 3 is 2.23 bits per heavy atom. The van der Waals surface area contributed by atoms with Crippen LogP contribution in [0.3, 0.4) is 0 Å². The van der Waals surface area contributed by atoms with Crippen LogP contribution in [0.2, 0.25) is 0 Å². The maximum atomic E-state index is 5.70. The Hall–Kier alpha value is -0.120. The molecule has 0 aromatic heterocycles. The van der Waals surface area contributed by atoms with Crippen LogP contribution < -0.4 is 4.90 Å². The van der Waals surface area contributed by atoms with E-state index in [2.05, 4.69) is 25.8 Å². The van der Waals surface area contributed by atoms with E-state index in [-0.39, 0.29) is 0 Å². The summed E-state index contributed by atoms with van der Waals surface area (Å²) in [7, 11) is 3.99. The molecular weight excluding hydrogens is 164 g/mol. The molecule has 0 bridgehead atoms. The van der Waals surface area contributed by atoms with Crippen LogP contribution in [0.4, 0.5) is 0 Å². The molecule has 2 saturated heterocycles. The van der Waals surface area contributed by atoms with Crippen molar-refractivity contribution in [2.45, 2.75) is 32.1 Å². The molecule has 2 unspecified atom stereocenters. The summed E-state index contributed by atoms with van der Waals surface area (Å²) >= 11 is 0. The minimum Gasteiger partial charge on any atom is -0.465 e. The first-order chi connectivity index (χ1) is 6.15. The lowest BCUT2D eigenvalue weighted by Gasteiger charge is -2.47. The van der Waals surface area contributed by atoms with Gasteiger partial charge in [-0.05, 0) is 13.8 Å². The zero-order valence-corrected chi connectivity index (χ0v) is 8.62. The maximum Gasteiger partial charge on any atom is 0.104 e. The molecular formula is C10H20N2O. The molecule has 2 rings (SSSR count). The zero-order valence-electron chi connectivity index (χ0n) is 8.62. The van der Waals surface area contributed by atoms with Crippen molar-refractivity contribution >= 4 is 0 Å². The highest BCUT2D eigenvalue weighted by molar-refractivity contribution is 4.82. The minimum absolute atomic E-state index is 0.401. The summed E-state index contributed by atoms with van der Waals surface area (Å²) in [6.45, 7) is 8.94. The Morgan fingerprint density at radius 2 is 1.77 bits per heavy atom. The first-order valence-electron chi connectivity index (χ1n) is 5.21. The lowest BCUT2D eigenvalue weighted by molar-refractivity contribution is -0.902.